The minimum Gasteiger partial charge on any atom is -0.480 e. The first kappa shape index (κ1) is 15.4. The molecule has 0 aliphatic carbocycles. The highest BCUT2D eigenvalue weighted by Gasteiger charge is 2.23. The minimum atomic E-state index is -1.05. The Kier molecular flexibility index (Phi) is 4.56. The third-order valence-corrected chi connectivity index (χ3v) is 3.29. The van der Waals surface area contributed by atoms with Gasteiger partial charge in [0, 0.05) is 12.4 Å². The van der Waals surface area contributed by atoms with Crippen LogP contribution < -0.4 is 5.32 Å². The van der Waals surface area contributed by atoms with Crippen molar-refractivity contribution in [2.24, 2.45) is 5.92 Å². The molecule has 7 nitrogen and oxygen atoms in total. The summed E-state index contributed by atoms with van der Waals surface area (Å²) in [6, 6.07) is -0.928. The van der Waals surface area contributed by atoms with E-state index in [0.29, 0.717) is 12.1 Å². The van der Waals surface area contributed by atoms with E-state index in [1.54, 1.807) is 12.4 Å². The molecule has 0 spiro atoms. The molecule has 21 heavy (non-hydrogen) atoms. The average Bonchev–Trinajstić information content (AvgIpc) is 2.80. The maximum absolute atomic E-state index is 12.2. The predicted octanol–water partition coefficient (Wildman–Crippen LogP) is 1.72. The summed E-state index contributed by atoms with van der Waals surface area (Å²) >= 11 is 3.26. The summed E-state index contributed by atoms with van der Waals surface area (Å²) in [5.74, 6) is -1.39. The largest absolute Gasteiger partial charge is 0.480 e. The van der Waals surface area contributed by atoms with E-state index in [2.05, 4.69) is 31.3 Å². The molecule has 0 fully saturated rings. The van der Waals surface area contributed by atoms with Crippen molar-refractivity contribution in [1.29, 1.82) is 0 Å². The van der Waals surface area contributed by atoms with Crippen LogP contribution in [0.15, 0.2) is 23.1 Å². The van der Waals surface area contributed by atoms with Gasteiger partial charge in [0.15, 0.2) is 5.65 Å². The second-order valence-electron chi connectivity index (χ2n) is 5.09. The molecule has 8 heteroatoms. The maximum Gasteiger partial charge on any atom is 0.326 e. The van der Waals surface area contributed by atoms with Gasteiger partial charge in [0.05, 0.1) is 10.7 Å². The summed E-state index contributed by atoms with van der Waals surface area (Å²) in [7, 11) is 0. The van der Waals surface area contributed by atoms with Crippen molar-refractivity contribution in [3.63, 3.8) is 0 Å². The Bertz CT molecular complexity index is 683. The lowest BCUT2D eigenvalue weighted by atomic mass is 10.0. The second kappa shape index (κ2) is 6.21. The van der Waals surface area contributed by atoms with E-state index in [4.69, 9.17) is 5.11 Å². The highest BCUT2D eigenvalue weighted by atomic mass is 79.9. The number of nitrogens with one attached hydrogen (secondary N) is 1. The lowest BCUT2D eigenvalue weighted by Crippen LogP contribution is -2.41. The number of amides is 1. The fraction of sp³-hybridized carbons (Fsp3) is 0.385. The molecule has 0 radical (unpaired) electrons. The zero-order chi connectivity index (χ0) is 15.6. The van der Waals surface area contributed by atoms with Gasteiger partial charge in [0.25, 0.3) is 5.91 Å². The first-order chi connectivity index (χ1) is 9.88. The molecule has 0 saturated carbocycles. The van der Waals surface area contributed by atoms with E-state index < -0.39 is 17.9 Å². The molecule has 1 amide bonds. The molecule has 1 atom stereocenters. The zero-order valence-electron chi connectivity index (χ0n) is 11.6. The first-order valence-electron chi connectivity index (χ1n) is 6.41. The normalized spacial score (nSPS) is 12.6. The first-order valence-corrected chi connectivity index (χ1v) is 7.20. The van der Waals surface area contributed by atoms with Crippen LogP contribution in [-0.4, -0.2) is 37.6 Å². The van der Waals surface area contributed by atoms with Gasteiger partial charge >= 0.3 is 5.97 Å². The standard InChI is InChI=1S/C13H15BrN4O3/c1-7(2)3-10(13(20)21)17-12(19)9-5-16-18-6-8(14)4-15-11(9)18/h4-7,10H,3H2,1-2H3,(H,17,19)(H,20,21)/t10-/m0/s1. The van der Waals surface area contributed by atoms with Gasteiger partial charge in [-0.25, -0.2) is 14.3 Å². The number of rotatable bonds is 5. The van der Waals surface area contributed by atoms with Crippen LogP contribution in [0.4, 0.5) is 0 Å². The molecule has 2 aromatic heterocycles. The number of nitrogens with zero attached hydrogens (tertiary/aromatic N) is 3. The second-order valence-corrected chi connectivity index (χ2v) is 6.01. The molecule has 2 rings (SSSR count). The third-order valence-electron chi connectivity index (χ3n) is 2.88. The Labute approximate surface area is 129 Å². The van der Waals surface area contributed by atoms with Crippen LogP contribution in [0.3, 0.4) is 0 Å². The number of carbonyl (C=O) groups is 2. The van der Waals surface area contributed by atoms with Gasteiger partial charge in [-0.1, -0.05) is 13.8 Å². The van der Waals surface area contributed by atoms with Crippen LogP contribution in [-0.2, 0) is 4.79 Å². The number of carboxylic acid groups (broad SMARTS) is 1. The van der Waals surface area contributed by atoms with Gasteiger partial charge in [-0.3, -0.25) is 4.79 Å². The van der Waals surface area contributed by atoms with Crippen molar-refractivity contribution in [3.8, 4) is 0 Å². The lowest BCUT2D eigenvalue weighted by Gasteiger charge is -2.15. The topological polar surface area (TPSA) is 96.6 Å². The quantitative estimate of drug-likeness (QED) is 0.851. The van der Waals surface area contributed by atoms with Crippen molar-refractivity contribution in [3.05, 3.63) is 28.6 Å². The SMILES string of the molecule is CC(C)C[C@H](NC(=O)c1cnn2cc(Br)cnc12)C(=O)O. The third kappa shape index (κ3) is 3.57. The molecule has 0 saturated heterocycles. The van der Waals surface area contributed by atoms with E-state index in [1.165, 1.54) is 10.7 Å². The number of aliphatic carboxylic acids is 1. The van der Waals surface area contributed by atoms with Gasteiger partial charge < -0.3 is 10.4 Å². The molecule has 0 unspecified atom stereocenters. The van der Waals surface area contributed by atoms with E-state index in [9.17, 15) is 9.59 Å². The summed E-state index contributed by atoms with van der Waals surface area (Å²) < 4.78 is 2.19. The highest BCUT2D eigenvalue weighted by Crippen LogP contribution is 2.13. The van der Waals surface area contributed by atoms with Crippen molar-refractivity contribution >= 4 is 33.5 Å². The lowest BCUT2D eigenvalue weighted by molar-refractivity contribution is -0.139. The number of halogens is 1. The molecule has 112 valence electrons. The fourth-order valence-corrected chi connectivity index (χ4v) is 2.24. The van der Waals surface area contributed by atoms with E-state index in [0.717, 1.165) is 4.47 Å². The number of aromatic nitrogens is 3. The van der Waals surface area contributed by atoms with Gasteiger partial charge in [-0.05, 0) is 28.3 Å². The number of fused-ring (bicyclic) bond motifs is 1. The molecule has 2 heterocycles. The van der Waals surface area contributed by atoms with E-state index >= 15 is 0 Å². The molecular weight excluding hydrogens is 340 g/mol. The smallest absolute Gasteiger partial charge is 0.326 e. The number of hydrogen-bond acceptors (Lipinski definition) is 4. The Balaban J connectivity index is 2.23. The molecule has 0 bridgehead atoms. The number of hydrogen-bond donors (Lipinski definition) is 2. The van der Waals surface area contributed by atoms with Gasteiger partial charge in [-0.2, -0.15) is 5.10 Å². The molecule has 2 N–H and O–H groups in total. The molecule has 2 aromatic rings. The Morgan fingerprint density at radius 2 is 2.14 bits per heavy atom. The summed E-state index contributed by atoms with van der Waals surface area (Å²) in [6.07, 6.45) is 4.95. The van der Waals surface area contributed by atoms with Crippen molar-refractivity contribution in [2.75, 3.05) is 0 Å². The van der Waals surface area contributed by atoms with Gasteiger partial charge in [0.1, 0.15) is 11.6 Å². The Hall–Kier alpha value is -1.96. The van der Waals surface area contributed by atoms with Crippen molar-refractivity contribution in [1.82, 2.24) is 19.9 Å². The Morgan fingerprint density at radius 1 is 1.43 bits per heavy atom. The fourth-order valence-electron chi connectivity index (χ4n) is 1.94. The summed E-state index contributed by atoms with van der Waals surface area (Å²) in [5.41, 5.74) is 0.627. The minimum absolute atomic E-state index is 0.157. The molecular formula is C13H15BrN4O3. The number of carbonyl (C=O) groups excluding carboxylic acids is 1. The predicted molar refractivity (Wildman–Crippen MR) is 79.0 cm³/mol. The maximum atomic E-state index is 12.2. The van der Waals surface area contributed by atoms with E-state index in [-0.39, 0.29) is 11.5 Å². The summed E-state index contributed by atoms with van der Waals surface area (Å²) in [6.45, 7) is 3.80. The Morgan fingerprint density at radius 3 is 2.76 bits per heavy atom. The molecule has 0 aliphatic heterocycles. The van der Waals surface area contributed by atoms with Crippen LogP contribution in [0.1, 0.15) is 30.6 Å². The monoisotopic (exact) mass is 354 g/mol. The van der Waals surface area contributed by atoms with Gasteiger partial charge in [-0.15, -0.1) is 0 Å². The number of carboxylic acids is 1. The zero-order valence-corrected chi connectivity index (χ0v) is 13.2. The highest BCUT2D eigenvalue weighted by molar-refractivity contribution is 9.10. The summed E-state index contributed by atoms with van der Waals surface area (Å²) in [5, 5.41) is 15.7. The van der Waals surface area contributed by atoms with Crippen LogP contribution >= 0.6 is 15.9 Å². The molecule has 0 aromatic carbocycles. The van der Waals surface area contributed by atoms with E-state index in [1.807, 2.05) is 13.8 Å². The molecule has 0 aliphatic rings. The summed E-state index contributed by atoms with van der Waals surface area (Å²) in [4.78, 5) is 27.5. The van der Waals surface area contributed by atoms with Crippen LogP contribution in [0.2, 0.25) is 0 Å². The van der Waals surface area contributed by atoms with Crippen LogP contribution in [0.25, 0.3) is 5.65 Å². The van der Waals surface area contributed by atoms with Crippen LogP contribution in [0.5, 0.6) is 0 Å². The van der Waals surface area contributed by atoms with Crippen molar-refractivity contribution < 1.29 is 14.7 Å². The van der Waals surface area contributed by atoms with Gasteiger partial charge in [0.2, 0.25) is 0 Å². The average molecular weight is 355 g/mol. The van der Waals surface area contributed by atoms with Crippen LogP contribution in [0, 0.1) is 5.92 Å². The van der Waals surface area contributed by atoms with Crippen molar-refractivity contribution in [2.45, 2.75) is 26.3 Å².